The first-order valence-corrected chi connectivity index (χ1v) is 6.36. The monoisotopic (exact) mass is 288 g/mol. The molecule has 3 nitrogen and oxygen atoms in total. The number of ketones is 1. The second-order valence-electron chi connectivity index (χ2n) is 4.42. The predicted octanol–water partition coefficient (Wildman–Crippen LogP) is 4.14. The molecule has 0 fully saturated rings. The van der Waals surface area contributed by atoms with E-state index in [4.69, 9.17) is 11.6 Å². The van der Waals surface area contributed by atoms with Crippen molar-refractivity contribution in [2.45, 2.75) is 6.92 Å². The van der Waals surface area contributed by atoms with Crippen LogP contribution < -0.4 is 0 Å². The van der Waals surface area contributed by atoms with Crippen molar-refractivity contribution in [2.75, 3.05) is 0 Å². The fourth-order valence-electron chi connectivity index (χ4n) is 1.80. The molecule has 2 aromatic carbocycles. The molecule has 0 aliphatic carbocycles. The fraction of sp³-hybridized carbons (Fsp3) is 0.0625. The van der Waals surface area contributed by atoms with Gasteiger partial charge in [-0.3, -0.25) is 4.79 Å². The van der Waals surface area contributed by atoms with E-state index >= 15 is 0 Å². The molecule has 0 bridgehead atoms. The van der Waals surface area contributed by atoms with Crippen molar-refractivity contribution in [2.24, 2.45) is 0 Å². The lowest BCUT2D eigenvalue weighted by atomic mass is 10.1. The Morgan fingerprint density at radius 3 is 2.65 bits per heavy atom. The van der Waals surface area contributed by atoms with Crippen LogP contribution in [0.3, 0.4) is 0 Å². The molecule has 0 saturated heterocycles. The van der Waals surface area contributed by atoms with Gasteiger partial charge in [0.1, 0.15) is 11.5 Å². The molecule has 0 aromatic heterocycles. The van der Waals surface area contributed by atoms with Crippen LogP contribution in [0.1, 0.15) is 21.5 Å². The Kier molecular flexibility index (Phi) is 4.11. The third kappa shape index (κ3) is 3.19. The van der Waals surface area contributed by atoms with Gasteiger partial charge < -0.3 is 10.2 Å². The van der Waals surface area contributed by atoms with Gasteiger partial charge in [-0.1, -0.05) is 35.4 Å². The van der Waals surface area contributed by atoms with Crippen molar-refractivity contribution in [3.05, 3.63) is 70.3 Å². The maximum absolute atomic E-state index is 12.0. The third-order valence-electron chi connectivity index (χ3n) is 2.81. The van der Waals surface area contributed by atoms with E-state index in [9.17, 15) is 15.0 Å². The highest BCUT2D eigenvalue weighted by Gasteiger charge is 2.11. The molecule has 0 heterocycles. The molecular weight excluding hydrogens is 276 g/mol. The number of benzene rings is 2. The van der Waals surface area contributed by atoms with Crippen molar-refractivity contribution in [3.63, 3.8) is 0 Å². The summed E-state index contributed by atoms with van der Waals surface area (Å²) in [7, 11) is 0. The third-order valence-corrected chi connectivity index (χ3v) is 3.04. The number of rotatable bonds is 3. The number of allylic oxidation sites excluding steroid dienone is 1. The number of hydrogen-bond donors (Lipinski definition) is 2. The number of aromatic hydroxyl groups is 1. The second-order valence-corrected chi connectivity index (χ2v) is 4.86. The average molecular weight is 289 g/mol. The molecule has 0 aliphatic rings. The summed E-state index contributed by atoms with van der Waals surface area (Å²) in [6.45, 7) is 1.89. The number of halogens is 1. The Labute approximate surface area is 121 Å². The van der Waals surface area contributed by atoms with E-state index in [0.29, 0.717) is 10.6 Å². The van der Waals surface area contributed by atoms with Crippen LogP contribution in [-0.2, 0) is 0 Å². The first-order valence-electron chi connectivity index (χ1n) is 5.98. The zero-order chi connectivity index (χ0) is 14.7. The highest BCUT2D eigenvalue weighted by molar-refractivity contribution is 6.31. The zero-order valence-corrected chi connectivity index (χ0v) is 11.6. The Hall–Kier alpha value is -2.26. The van der Waals surface area contributed by atoms with Gasteiger partial charge in [-0.05, 0) is 31.2 Å². The highest BCUT2D eigenvalue weighted by Crippen LogP contribution is 2.23. The van der Waals surface area contributed by atoms with E-state index in [0.717, 1.165) is 11.6 Å². The highest BCUT2D eigenvalue weighted by atomic mass is 35.5. The lowest BCUT2D eigenvalue weighted by Gasteiger charge is -2.04. The summed E-state index contributed by atoms with van der Waals surface area (Å²) in [4.78, 5) is 12.0. The number of phenols is 1. The standard InChI is InChI=1S/C16H13ClO3/c1-10-3-2-4-11(7-10)15(19)9-16(20)13-8-12(17)5-6-14(13)18/h2-9,18-19H,1H3/b15-9-. The molecule has 0 saturated carbocycles. The first kappa shape index (κ1) is 14.2. The zero-order valence-electron chi connectivity index (χ0n) is 10.8. The number of aliphatic hydroxyl groups excluding tert-OH is 1. The van der Waals surface area contributed by atoms with Gasteiger partial charge >= 0.3 is 0 Å². The van der Waals surface area contributed by atoms with Gasteiger partial charge in [0.15, 0.2) is 5.78 Å². The van der Waals surface area contributed by atoms with Gasteiger partial charge in [0.05, 0.1) is 5.56 Å². The van der Waals surface area contributed by atoms with E-state index in [1.165, 1.54) is 18.2 Å². The van der Waals surface area contributed by atoms with Crippen LogP contribution in [0.25, 0.3) is 5.76 Å². The van der Waals surface area contributed by atoms with E-state index in [1.807, 2.05) is 13.0 Å². The van der Waals surface area contributed by atoms with Crippen molar-refractivity contribution in [3.8, 4) is 5.75 Å². The van der Waals surface area contributed by atoms with Crippen molar-refractivity contribution in [1.82, 2.24) is 0 Å². The van der Waals surface area contributed by atoms with Crippen molar-refractivity contribution >= 4 is 23.1 Å². The van der Waals surface area contributed by atoms with E-state index in [-0.39, 0.29) is 17.1 Å². The fourth-order valence-corrected chi connectivity index (χ4v) is 1.97. The van der Waals surface area contributed by atoms with Crippen LogP contribution >= 0.6 is 11.6 Å². The number of aliphatic hydroxyl groups is 1. The SMILES string of the molecule is Cc1cccc(/C(O)=C/C(=O)c2cc(Cl)ccc2O)c1. The van der Waals surface area contributed by atoms with E-state index in [2.05, 4.69) is 0 Å². The van der Waals surface area contributed by atoms with Crippen LogP contribution in [0.15, 0.2) is 48.5 Å². The number of carbonyl (C=O) groups excluding carboxylic acids is 1. The van der Waals surface area contributed by atoms with Crippen LogP contribution in [0.5, 0.6) is 5.75 Å². The molecule has 2 rings (SSSR count). The van der Waals surface area contributed by atoms with E-state index < -0.39 is 5.78 Å². The normalized spacial score (nSPS) is 11.4. The Bertz CT molecular complexity index is 690. The van der Waals surface area contributed by atoms with Gasteiger partial charge in [-0.2, -0.15) is 0 Å². The summed E-state index contributed by atoms with van der Waals surface area (Å²) in [6.07, 6.45) is 1.07. The number of aryl methyl sites for hydroxylation is 1. The van der Waals surface area contributed by atoms with Crippen LogP contribution in [0.4, 0.5) is 0 Å². The minimum absolute atomic E-state index is 0.0525. The van der Waals surface area contributed by atoms with Crippen molar-refractivity contribution < 1.29 is 15.0 Å². The minimum Gasteiger partial charge on any atom is -0.507 e. The molecule has 0 aliphatic heterocycles. The number of carbonyl (C=O) groups is 1. The molecule has 2 N–H and O–H groups in total. The molecule has 2 aromatic rings. The van der Waals surface area contributed by atoms with Crippen LogP contribution in [0, 0.1) is 6.92 Å². The van der Waals surface area contributed by atoms with Gasteiger partial charge in [0.25, 0.3) is 0 Å². The quantitative estimate of drug-likeness (QED) is 0.507. The molecule has 0 atom stereocenters. The lowest BCUT2D eigenvalue weighted by Crippen LogP contribution is -1.97. The Morgan fingerprint density at radius 1 is 1.20 bits per heavy atom. The van der Waals surface area contributed by atoms with Crippen LogP contribution in [-0.4, -0.2) is 16.0 Å². The van der Waals surface area contributed by atoms with Crippen LogP contribution in [0.2, 0.25) is 5.02 Å². The summed E-state index contributed by atoms with van der Waals surface area (Å²) in [5, 5.41) is 19.9. The molecule has 0 radical (unpaired) electrons. The van der Waals surface area contributed by atoms with Gasteiger partial charge in [0, 0.05) is 16.7 Å². The van der Waals surface area contributed by atoms with Gasteiger partial charge in [-0.25, -0.2) is 0 Å². The van der Waals surface area contributed by atoms with Crippen molar-refractivity contribution in [1.29, 1.82) is 0 Å². The summed E-state index contributed by atoms with van der Waals surface area (Å²) in [5.74, 6) is -0.838. The summed E-state index contributed by atoms with van der Waals surface area (Å²) in [5.41, 5.74) is 1.57. The summed E-state index contributed by atoms with van der Waals surface area (Å²) >= 11 is 5.79. The molecule has 20 heavy (non-hydrogen) atoms. The Morgan fingerprint density at radius 2 is 1.95 bits per heavy atom. The molecule has 0 amide bonds. The predicted molar refractivity (Wildman–Crippen MR) is 79.2 cm³/mol. The number of hydrogen-bond acceptors (Lipinski definition) is 3. The summed E-state index contributed by atoms with van der Waals surface area (Å²) < 4.78 is 0. The molecular formula is C16H13ClO3. The molecule has 4 heteroatoms. The van der Waals surface area contributed by atoms with Gasteiger partial charge in [-0.15, -0.1) is 0 Å². The Balaban J connectivity index is 2.34. The topological polar surface area (TPSA) is 57.5 Å². The molecule has 102 valence electrons. The van der Waals surface area contributed by atoms with E-state index in [1.54, 1.807) is 18.2 Å². The molecule has 0 spiro atoms. The average Bonchev–Trinajstić information content (AvgIpc) is 2.41. The second kappa shape index (κ2) is 5.80. The first-order chi connectivity index (χ1) is 9.47. The van der Waals surface area contributed by atoms with Gasteiger partial charge in [0.2, 0.25) is 0 Å². The largest absolute Gasteiger partial charge is 0.507 e. The smallest absolute Gasteiger partial charge is 0.193 e. The summed E-state index contributed by atoms with van der Waals surface area (Å²) in [6, 6.07) is 11.3. The lowest BCUT2D eigenvalue weighted by molar-refractivity contribution is 0.104. The molecule has 0 unspecified atom stereocenters. The maximum Gasteiger partial charge on any atom is 0.193 e. The maximum atomic E-state index is 12.0. The number of phenolic OH excluding ortho intramolecular Hbond substituents is 1. The minimum atomic E-state index is -0.510.